The first-order valence-corrected chi connectivity index (χ1v) is 10.3. The largest absolute Gasteiger partial charge is 0.362 e. The van der Waals surface area contributed by atoms with Crippen molar-refractivity contribution in [3.8, 4) is 0 Å². The summed E-state index contributed by atoms with van der Waals surface area (Å²) in [5.41, 5.74) is 1.75. The topological polar surface area (TPSA) is 54.9 Å². The third-order valence-corrected chi connectivity index (χ3v) is 5.75. The number of nitrogens with zero attached hydrogens (tertiary/aromatic N) is 2. The van der Waals surface area contributed by atoms with Crippen LogP contribution in [0.2, 0.25) is 0 Å². The summed E-state index contributed by atoms with van der Waals surface area (Å²) in [5, 5.41) is 3.48. The Hall–Kier alpha value is -3.31. The van der Waals surface area contributed by atoms with Gasteiger partial charge in [0.1, 0.15) is 5.82 Å². The number of aromatic nitrogens is 2. The van der Waals surface area contributed by atoms with Gasteiger partial charge in [-0.1, -0.05) is 42.5 Å². The molecular weight excluding hydrogens is 378 g/mol. The van der Waals surface area contributed by atoms with Crippen molar-refractivity contribution in [3.63, 3.8) is 0 Å². The number of carbonyl (C=O) groups excluding carboxylic acids is 1. The van der Waals surface area contributed by atoms with Gasteiger partial charge in [0.15, 0.2) is 5.78 Å². The van der Waals surface area contributed by atoms with Gasteiger partial charge in [-0.25, -0.2) is 4.98 Å². The van der Waals surface area contributed by atoms with Crippen LogP contribution in [0.25, 0.3) is 0 Å². The molecule has 2 atom stereocenters. The van der Waals surface area contributed by atoms with Crippen LogP contribution in [0.15, 0.2) is 91.3 Å². The summed E-state index contributed by atoms with van der Waals surface area (Å²) in [5.74, 6) is 0.287. The molecule has 0 aliphatic rings. The Morgan fingerprint density at radius 2 is 1.59 bits per heavy atom. The van der Waals surface area contributed by atoms with Crippen LogP contribution in [0.3, 0.4) is 0 Å². The Balaban J connectivity index is 1.82. The van der Waals surface area contributed by atoms with Crippen molar-refractivity contribution >= 4 is 22.9 Å². The predicted molar refractivity (Wildman–Crippen MR) is 117 cm³/mol. The van der Waals surface area contributed by atoms with Gasteiger partial charge in [0.25, 0.3) is 0 Å². The number of hydrogen-bond acceptors (Lipinski definition) is 5. The molecule has 0 radical (unpaired) electrons. The Morgan fingerprint density at radius 3 is 2.21 bits per heavy atom. The maximum atomic E-state index is 13.7. The zero-order valence-electron chi connectivity index (χ0n) is 16.0. The van der Waals surface area contributed by atoms with Gasteiger partial charge >= 0.3 is 0 Å². The van der Waals surface area contributed by atoms with E-state index in [-0.39, 0.29) is 11.8 Å². The number of hydrogen-bond donors (Lipinski definition) is 1. The van der Waals surface area contributed by atoms with E-state index >= 15 is 0 Å². The molecule has 2 unspecified atom stereocenters. The minimum Gasteiger partial charge on any atom is -0.362 e. The van der Waals surface area contributed by atoms with Crippen LogP contribution in [0.4, 0.5) is 5.82 Å². The van der Waals surface area contributed by atoms with Gasteiger partial charge in [-0.15, -0.1) is 11.3 Å². The summed E-state index contributed by atoms with van der Waals surface area (Å²) in [6, 6.07) is 25.0. The van der Waals surface area contributed by atoms with Crippen molar-refractivity contribution in [1.82, 2.24) is 9.97 Å². The van der Waals surface area contributed by atoms with E-state index in [9.17, 15) is 4.79 Å². The van der Waals surface area contributed by atoms with Gasteiger partial charge in [-0.05, 0) is 48.9 Å². The number of pyridine rings is 2. The van der Waals surface area contributed by atoms with E-state index in [1.54, 1.807) is 12.4 Å². The lowest BCUT2D eigenvalue weighted by atomic mass is 9.85. The molecule has 0 aliphatic heterocycles. The fraction of sp³-hybridized carbons (Fsp3) is 0.125. The normalized spacial score (nSPS) is 12.9. The highest BCUT2D eigenvalue weighted by atomic mass is 32.1. The van der Waals surface area contributed by atoms with Gasteiger partial charge < -0.3 is 5.32 Å². The number of aryl methyl sites for hydroxylation is 1. The van der Waals surface area contributed by atoms with E-state index in [2.05, 4.69) is 15.3 Å². The number of benzene rings is 1. The molecule has 4 nitrogen and oxygen atoms in total. The number of anilines is 1. The molecule has 0 bridgehead atoms. The molecule has 0 saturated heterocycles. The quantitative estimate of drug-likeness (QED) is 0.407. The van der Waals surface area contributed by atoms with Crippen LogP contribution in [0.5, 0.6) is 0 Å². The van der Waals surface area contributed by atoms with E-state index < -0.39 is 5.92 Å². The molecule has 0 amide bonds. The molecule has 5 heteroatoms. The van der Waals surface area contributed by atoms with Crippen molar-refractivity contribution in [2.45, 2.75) is 18.9 Å². The molecule has 4 aromatic rings. The average molecular weight is 400 g/mol. The van der Waals surface area contributed by atoms with E-state index in [0.29, 0.717) is 0 Å². The number of thiophene rings is 1. The first-order chi connectivity index (χ1) is 14.2. The third kappa shape index (κ3) is 4.41. The number of Topliss-reactive ketones (excluding diaryl/α,β-unsaturated/α-hetero) is 1. The van der Waals surface area contributed by atoms with Crippen molar-refractivity contribution < 1.29 is 4.79 Å². The van der Waals surface area contributed by atoms with Crippen molar-refractivity contribution in [2.75, 3.05) is 5.32 Å². The summed E-state index contributed by atoms with van der Waals surface area (Å²) in [6.45, 7) is 2.01. The lowest BCUT2D eigenvalue weighted by Gasteiger charge is -2.27. The Morgan fingerprint density at radius 1 is 0.862 bits per heavy atom. The maximum absolute atomic E-state index is 13.7. The lowest BCUT2D eigenvalue weighted by Crippen LogP contribution is -2.27. The Kier molecular flexibility index (Phi) is 5.77. The summed E-state index contributed by atoms with van der Waals surface area (Å²) in [7, 11) is 0. The van der Waals surface area contributed by atoms with Crippen LogP contribution in [0, 0.1) is 6.92 Å². The number of nitrogens with one attached hydrogen (secondary N) is 1. The molecule has 1 aromatic carbocycles. The molecule has 29 heavy (non-hydrogen) atoms. The summed E-state index contributed by atoms with van der Waals surface area (Å²) in [4.78, 5) is 24.5. The number of rotatable bonds is 7. The second kappa shape index (κ2) is 8.80. The van der Waals surface area contributed by atoms with E-state index in [0.717, 1.165) is 26.8 Å². The van der Waals surface area contributed by atoms with Crippen LogP contribution in [-0.2, 0) is 0 Å². The maximum Gasteiger partial charge on any atom is 0.184 e. The highest BCUT2D eigenvalue weighted by Gasteiger charge is 2.34. The first-order valence-electron chi connectivity index (χ1n) is 9.46. The van der Waals surface area contributed by atoms with E-state index in [4.69, 9.17) is 0 Å². The van der Waals surface area contributed by atoms with Crippen LogP contribution >= 0.6 is 11.3 Å². The summed E-state index contributed by atoms with van der Waals surface area (Å²) < 4.78 is 0. The highest BCUT2D eigenvalue weighted by Crippen LogP contribution is 2.36. The molecule has 0 saturated carbocycles. The van der Waals surface area contributed by atoms with Crippen LogP contribution in [0.1, 0.15) is 37.8 Å². The molecule has 3 heterocycles. The second-order valence-electron chi connectivity index (χ2n) is 6.75. The van der Waals surface area contributed by atoms with E-state index in [1.807, 2.05) is 85.8 Å². The molecular formula is C24H21N3OS. The lowest BCUT2D eigenvalue weighted by molar-refractivity contribution is 0.0952. The third-order valence-electron chi connectivity index (χ3n) is 4.73. The first kappa shape index (κ1) is 19.0. The molecule has 0 aliphatic carbocycles. The fourth-order valence-electron chi connectivity index (χ4n) is 3.36. The molecule has 1 N–H and O–H groups in total. The Bertz CT molecular complexity index is 1070. The van der Waals surface area contributed by atoms with Gasteiger partial charge in [0.05, 0.1) is 22.5 Å². The zero-order valence-corrected chi connectivity index (χ0v) is 16.8. The summed E-state index contributed by atoms with van der Waals surface area (Å²) >= 11 is 1.52. The second-order valence-corrected chi connectivity index (χ2v) is 8.04. The monoisotopic (exact) mass is 399 g/mol. The van der Waals surface area contributed by atoms with Gasteiger partial charge in [0, 0.05) is 17.3 Å². The molecule has 144 valence electrons. The van der Waals surface area contributed by atoms with Gasteiger partial charge in [0.2, 0.25) is 0 Å². The fourth-order valence-corrected chi connectivity index (χ4v) is 4.21. The minimum absolute atomic E-state index is 0.0547. The van der Waals surface area contributed by atoms with Crippen LogP contribution in [-0.4, -0.2) is 15.8 Å². The number of ketones is 1. The predicted octanol–water partition coefficient (Wildman–Crippen LogP) is 5.67. The molecule has 0 fully saturated rings. The van der Waals surface area contributed by atoms with Gasteiger partial charge in [-0.3, -0.25) is 9.78 Å². The SMILES string of the molecule is Cc1ccc(C(=O)C(c2ccccn2)C(Nc2ccccn2)c2ccccc2)s1. The molecule has 0 spiro atoms. The molecule has 4 rings (SSSR count). The van der Waals surface area contributed by atoms with Crippen LogP contribution < -0.4 is 5.32 Å². The van der Waals surface area contributed by atoms with Crippen molar-refractivity contribution in [2.24, 2.45) is 0 Å². The average Bonchev–Trinajstić information content (AvgIpc) is 3.22. The smallest absolute Gasteiger partial charge is 0.184 e. The van der Waals surface area contributed by atoms with Crippen molar-refractivity contribution in [3.05, 3.63) is 112 Å². The number of carbonyl (C=O) groups is 1. The zero-order chi connectivity index (χ0) is 20.1. The standard InChI is InChI=1S/C24H21N3OS/c1-17-13-14-20(29-17)24(28)22(19-11-5-7-15-25-19)23(18-9-3-2-4-10-18)27-21-12-6-8-16-26-21/h2-16,22-23H,1H3,(H,26,27). The highest BCUT2D eigenvalue weighted by molar-refractivity contribution is 7.14. The van der Waals surface area contributed by atoms with Gasteiger partial charge in [-0.2, -0.15) is 0 Å². The summed E-state index contributed by atoms with van der Waals surface area (Å²) in [6.07, 6.45) is 3.47. The molecule has 3 aromatic heterocycles. The van der Waals surface area contributed by atoms with E-state index in [1.165, 1.54) is 11.3 Å². The Labute approximate surface area is 174 Å². The minimum atomic E-state index is -0.487. The van der Waals surface area contributed by atoms with Crippen molar-refractivity contribution in [1.29, 1.82) is 0 Å².